The number of sulfonamides is 1. The smallest absolute Gasteiger partial charge is 0.264 e. The molecule has 0 spiro atoms. The van der Waals surface area contributed by atoms with Gasteiger partial charge in [0.2, 0.25) is 11.8 Å². The molecule has 2 amide bonds. The second kappa shape index (κ2) is 14.3. The van der Waals surface area contributed by atoms with Crippen molar-refractivity contribution in [1.29, 1.82) is 0 Å². The van der Waals surface area contributed by atoms with Gasteiger partial charge in [0.15, 0.2) is 0 Å². The molecule has 0 aromatic heterocycles. The Balaban J connectivity index is 1.73. The van der Waals surface area contributed by atoms with Gasteiger partial charge >= 0.3 is 0 Å². The van der Waals surface area contributed by atoms with Crippen LogP contribution in [0.15, 0.2) is 71.6 Å². The summed E-state index contributed by atoms with van der Waals surface area (Å²) in [6, 6.07) is 17.9. The highest BCUT2D eigenvalue weighted by Gasteiger charge is 2.34. The topological polar surface area (TPSA) is 96.0 Å². The summed E-state index contributed by atoms with van der Waals surface area (Å²) in [4.78, 5) is 29.2. The maximum absolute atomic E-state index is 14.2. The summed E-state index contributed by atoms with van der Waals surface area (Å²) in [7, 11) is -2.76. The number of hydrogen-bond donors (Lipinski definition) is 1. The van der Waals surface area contributed by atoms with Crippen molar-refractivity contribution in [3.05, 3.63) is 88.4 Å². The number of carbonyl (C=O) groups is 2. The van der Waals surface area contributed by atoms with Crippen LogP contribution in [-0.4, -0.2) is 50.9 Å². The van der Waals surface area contributed by atoms with E-state index in [1.807, 2.05) is 26.0 Å². The van der Waals surface area contributed by atoms with Gasteiger partial charge in [0.1, 0.15) is 18.3 Å². The highest BCUT2D eigenvalue weighted by atomic mass is 35.5. The molecule has 4 rings (SSSR count). The van der Waals surface area contributed by atoms with E-state index < -0.39 is 28.5 Å². The molecule has 1 aliphatic rings. The molecule has 0 aliphatic heterocycles. The Morgan fingerprint density at radius 1 is 0.977 bits per heavy atom. The first kappa shape index (κ1) is 32.4. The van der Waals surface area contributed by atoms with E-state index in [9.17, 15) is 18.0 Å². The van der Waals surface area contributed by atoms with E-state index in [4.69, 9.17) is 16.3 Å². The third-order valence-corrected chi connectivity index (χ3v) is 9.86. The fraction of sp³-hybridized carbons (Fsp3) is 0.394. The van der Waals surface area contributed by atoms with Crippen molar-refractivity contribution in [2.45, 2.75) is 76.4 Å². The number of carbonyl (C=O) groups excluding carboxylic acids is 2. The molecular weight excluding hydrogens is 586 g/mol. The minimum atomic E-state index is -4.21. The molecule has 3 aromatic carbocycles. The molecule has 1 atom stereocenters. The van der Waals surface area contributed by atoms with E-state index in [0.29, 0.717) is 10.8 Å². The zero-order valence-corrected chi connectivity index (χ0v) is 26.7. The summed E-state index contributed by atoms with van der Waals surface area (Å²) < 4.78 is 34.9. The number of hydrogen-bond acceptors (Lipinski definition) is 5. The zero-order valence-electron chi connectivity index (χ0n) is 25.2. The van der Waals surface area contributed by atoms with E-state index in [0.717, 1.165) is 53.1 Å². The van der Waals surface area contributed by atoms with Gasteiger partial charge in [-0.05, 0) is 81.1 Å². The Labute approximate surface area is 260 Å². The lowest BCUT2D eigenvalue weighted by Crippen LogP contribution is -2.53. The van der Waals surface area contributed by atoms with Crippen molar-refractivity contribution in [1.82, 2.24) is 10.2 Å². The van der Waals surface area contributed by atoms with Crippen molar-refractivity contribution in [3.8, 4) is 5.75 Å². The minimum Gasteiger partial charge on any atom is -0.495 e. The SMILES string of the molecule is COc1ccc(C)cc1N(CC(=O)N(Cc1cccc(Cl)c1)[C@H](C)C(=O)NC1CCCCC1)S(=O)(=O)c1ccc(C)cc1. The van der Waals surface area contributed by atoms with Gasteiger partial charge in [-0.15, -0.1) is 0 Å². The number of benzene rings is 3. The van der Waals surface area contributed by atoms with Crippen LogP contribution in [0.2, 0.25) is 5.02 Å². The molecule has 0 bridgehead atoms. The highest BCUT2D eigenvalue weighted by molar-refractivity contribution is 7.92. The van der Waals surface area contributed by atoms with Crippen molar-refractivity contribution in [2.75, 3.05) is 18.0 Å². The highest BCUT2D eigenvalue weighted by Crippen LogP contribution is 2.34. The van der Waals surface area contributed by atoms with Gasteiger partial charge in [-0.2, -0.15) is 0 Å². The van der Waals surface area contributed by atoms with Gasteiger partial charge in [0, 0.05) is 17.6 Å². The summed E-state index contributed by atoms with van der Waals surface area (Å²) in [5.41, 5.74) is 2.65. The molecule has 230 valence electrons. The minimum absolute atomic E-state index is 0.0407. The van der Waals surface area contributed by atoms with Crippen LogP contribution in [-0.2, 0) is 26.2 Å². The lowest BCUT2D eigenvalue weighted by Gasteiger charge is -2.33. The van der Waals surface area contributed by atoms with Crippen LogP contribution < -0.4 is 14.4 Å². The van der Waals surface area contributed by atoms with Crippen LogP contribution in [0.3, 0.4) is 0 Å². The molecule has 3 aromatic rings. The molecule has 10 heteroatoms. The van der Waals surface area contributed by atoms with Crippen molar-refractivity contribution >= 4 is 39.1 Å². The van der Waals surface area contributed by atoms with E-state index >= 15 is 0 Å². The van der Waals surface area contributed by atoms with Gasteiger partial charge in [-0.1, -0.05) is 66.8 Å². The Morgan fingerprint density at radius 3 is 2.30 bits per heavy atom. The van der Waals surface area contributed by atoms with Gasteiger partial charge in [0.05, 0.1) is 17.7 Å². The Kier molecular flexibility index (Phi) is 10.7. The number of aryl methyl sites for hydroxylation is 2. The number of anilines is 1. The number of nitrogens with zero attached hydrogens (tertiary/aromatic N) is 2. The van der Waals surface area contributed by atoms with Gasteiger partial charge in [0.25, 0.3) is 10.0 Å². The number of rotatable bonds is 11. The van der Waals surface area contributed by atoms with Crippen LogP contribution in [0.25, 0.3) is 0 Å². The van der Waals surface area contributed by atoms with Crippen LogP contribution >= 0.6 is 11.6 Å². The molecule has 1 N–H and O–H groups in total. The summed E-state index contributed by atoms with van der Waals surface area (Å²) in [6.07, 6.45) is 5.05. The number of halogens is 1. The van der Waals surface area contributed by atoms with E-state index in [1.54, 1.807) is 49.4 Å². The quantitative estimate of drug-likeness (QED) is 0.281. The van der Waals surface area contributed by atoms with Gasteiger partial charge < -0.3 is 15.0 Å². The molecular formula is C33H40ClN3O5S. The number of ether oxygens (including phenoxy) is 1. The summed E-state index contributed by atoms with van der Waals surface area (Å²) >= 11 is 6.25. The fourth-order valence-corrected chi connectivity index (χ4v) is 6.96. The average Bonchev–Trinajstić information content (AvgIpc) is 2.99. The second-order valence-electron chi connectivity index (χ2n) is 11.2. The second-order valence-corrected chi connectivity index (χ2v) is 13.5. The predicted octanol–water partition coefficient (Wildman–Crippen LogP) is 6.03. The van der Waals surface area contributed by atoms with Gasteiger partial charge in [-0.3, -0.25) is 13.9 Å². The molecule has 8 nitrogen and oxygen atoms in total. The first-order valence-corrected chi connectivity index (χ1v) is 16.4. The zero-order chi connectivity index (χ0) is 31.1. The summed E-state index contributed by atoms with van der Waals surface area (Å²) in [5, 5.41) is 3.61. The number of nitrogens with one attached hydrogen (secondary N) is 1. The number of amides is 2. The molecule has 0 saturated heterocycles. The predicted molar refractivity (Wildman–Crippen MR) is 170 cm³/mol. The molecule has 1 aliphatic carbocycles. The molecule has 0 radical (unpaired) electrons. The molecule has 0 heterocycles. The first-order chi connectivity index (χ1) is 20.5. The van der Waals surface area contributed by atoms with Crippen LogP contribution in [0, 0.1) is 13.8 Å². The van der Waals surface area contributed by atoms with Crippen LogP contribution in [0.5, 0.6) is 5.75 Å². The largest absolute Gasteiger partial charge is 0.495 e. The lowest BCUT2D eigenvalue weighted by atomic mass is 9.95. The third kappa shape index (κ3) is 8.09. The maximum Gasteiger partial charge on any atom is 0.264 e. The van der Waals surface area contributed by atoms with E-state index in [1.165, 1.54) is 24.1 Å². The Hall–Kier alpha value is -3.56. The van der Waals surface area contributed by atoms with Crippen LogP contribution in [0.4, 0.5) is 5.69 Å². The monoisotopic (exact) mass is 625 g/mol. The molecule has 1 saturated carbocycles. The maximum atomic E-state index is 14.2. The Morgan fingerprint density at radius 2 is 1.65 bits per heavy atom. The average molecular weight is 626 g/mol. The normalized spacial score (nSPS) is 14.5. The van der Waals surface area contributed by atoms with Crippen molar-refractivity contribution in [2.24, 2.45) is 0 Å². The van der Waals surface area contributed by atoms with E-state index in [2.05, 4.69) is 5.32 Å². The first-order valence-electron chi connectivity index (χ1n) is 14.6. The molecule has 0 unspecified atom stereocenters. The van der Waals surface area contributed by atoms with Crippen molar-refractivity contribution in [3.63, 3.8) is 0 Å². The lowest BCUT2D eigenvalue weighted by molar-refractivity contribution is -0.139. The van der Waals surface area contributed by atoms with Crippen LogP contribution in [0.1, 0.15) is 55.7 Å². The van der Waals surface area contributed by atoms with Gasteiger partial charge in [-0.25, -0.2) is 8.42 Å². The standard InChI is InChI=1S/C33H40ClN3O5S/c1-23-13-16-29(17-14-23)43(40,41)37(30-19-24(2)15-18-31(30)42-4)22-32(38)36(21-26-9-8-10-27(34)20-26)25(3)33(39)35-28-11-6-5-7-12-28/h8-10,13-20,25,28H,5-7,11-12,21-22H2,1-4H3,(H,35,39)/t25-/m1/s1. The molecule has 43 heavy (non-hydrogen) atoms. The fourth-order valence-electron chi connectivity index (χ4n) is 5.33. The van der Waals surface area contributed by atoms with Crippen molar-refractivity contribution < 1.29 is 22.7 Å². The van der Waals surface area contributed by atoms with E-state index in [-0.39, 0.29) is 29.1 Å². The number of methoxy groups -OCH3 is 1. The Bertz CT molecular complexity index is 1540. The molecule has 1 fully saturated rings. The summed E-state index contributed by atoms with van der Waals surface area (Å²) in [6.45, 7) is 4.91. The summed E-state index contributed by atoms with van der Waals surface area (Å²) in [5.74, 6) is -0.507. The third-order valence-electron chi connectivity index (χ3n) is 7.85.